The van der Waals surface area contributed by atoms with Crippen LogP contribution in [0.2, 0.25) is 0 Å². The monoisotopic (exact) mass is 447 g/mol. The van der Waals surface area contributed by atoms with Gasteiger partial charge in [0.25, 0.3) is 5.69 Å². The largest absolute Gasteiger partial charge is 0.349 e. The highest BCUT2D eigenvalue weighted by atomic mass is 32.2. The summed E-state index contributed by atoms with van der Waals surface area (Å²) in [5.74, 6) is 0.224. The number of carbonyl (C=O) groups excluding carboxylic acids is 1. The summed E-state index contributed by atoms with van der Waals surface area (Å²) in [6.45, 7) is 4.23. The molecule has 0 aromatic heterocycles. The van der Waals surface area contributed by atoms with Crippen LogP contribution in [0.1, 0.15) is 44.7 Å². The first-order valence-corrected chi connectivity index (χ1v) is 12.0. The first-order chi connectivity index (χ1) is 14.6. The van der Waals surface area contributed by atoms with Crippen LogP contribution in [-0.4, -0.2) is 32.0 Å². The van der Waals surface area contributed by atoms with Gasteiger partial charge in [-0.25, -0.2) is 8.42 Å². The van der Waals surface area contributed by atoms with Crippen LogP contribution in [0.4, 0.5) is 11.4 Å². The first kappa shape index (κ1) is 24.3. The molecule has 1 amide bonds. The fraction of sp³-hybridized carbons (Fsp3) is 0.409. The van der Waals surface area contributed by atoms with Crippen molar-refractivity contribution in [2.45, 2.75) is 39.2 Å². The van der Waals surface area contributed by atoms with Gasteiger partial charge in [0.05, 0.1) is 22.9 Å². The van der Waals surface area contributed by atoms with Gasteiger partial charge >= 0.3 is 0 Å². The quantitative estimate of drug-likeness (QED) is 0.413. The predicted octanol–water partition coefficient (Wildman–Crippen LogP) is 4.04. The fourth-order valence-corrected chi connectivity index (χ4v) is 4.29. The summed E-state index contributed by atoms with van der Waals surface area (Å²) < 4.78 is 25.5. The molecule has 2 rings (SSSR count). The highest BCUT2D eigenvalue weighted by Crippen LogP contribution is 2.24. The van der Waals surface area contributed by atoms with E-state index >= 15 is 0 Å². The summed E-state index contributed by atoms with van der Waals surface area (Å²) in [6, 6.07) is 15.1. The number of nitro groups is 1. The van der Waals surface area contributed by atoms with Gasteiger partial charge in [-0.3, -0.25) is 19.2 Å². The van der Waals surface area contributed by atoms with Gasteiger partial charge in [-0.1, -0.05) is 50.2 Å². The van der Waals surface area contributed by atoms with Crippen LogP contribution in [-0.2, 0) is 14.8 Å². The number of anilines is 1. The van der Waals surface area contributed by atoms with E-state index in [-0.39, 0.29) is 42.7 Å². The van der Waals surface area contributed by atoms with Crippen molar-refractivity contribution in [2.24, 2.45) is 5.92 Å². The Morgan fingerprint density at radius 3 is 2.39 bits per heavy atom. The number of hydrogen-bond donors (Lipinski definition) is 1. The normalized spacial score (nSPS) is 12.4. The Kier molecular flexibility index (Phi) is 8.56. The molecule has 2 aromatic rings. The van der Waals surface area contributed by atoms with Crippen molar-refractivity contribution in [3.05, 3.63) is 70.3 Å². The van der Waals surface area contributed by atoms with Crippen molar-refractivity contribution >= 4 is 27.3 Å². The SMILES string of the molecule is CC(C)C[C@@H](NC(=O)CCCN(c1cccc([N+](=O)[O-])c1)S(C)(=O)=O)c1ccccc1. The molecule has 0 heterocycles. The van der Waals surface area contributed by atoms with E-state index < -0.39 is 14.9 Å². The Balaban J connectivity index is 2.03. The average Bonchev–Trinajstić information content (AvgIpc) is 2.70. The molecule has 8 nitrogen and oxygen atoms in total. The van der Waals surface area contributed by atoms with Crippen molar-refractivity contribution in [1.82, 2.24) is 5.32 Å². The van der Waals surface area contributed by atoms with Crippen LogP contribution in [0.25, 0.3) is 0 Å². The molecule has 0 aliphatic rings. The maximum Gasteiger partial charge on any atom is 0.271 e. The molecule has 9 heteroatoms. The fourth-order valence-electron chi connectivity index (χ4n) is 3.33. The lowest BCUT2D eigenvalue weighted by molar-refractivity contribution is -0.384. The van der Waals surface area contributed by atoms with Gasteiger partial charge in [-0.2, -0.15) is 0 Å². The van der Waals surface area contributed by atoms with Gasteiger partial charge in [-0.15, -0.1) is 0 Å². The molecule has 0 unspecified atom stereocenters. The predicted molar refractivity (Wildman–Crippen MR) is 121 cm³/mol. The molecule has 168 valence electrons. The van der Waals surface area contributed by atoms with E-state index in [0.717, 1.165) is 22.5 Å². The van der Waals surface area contributed by atoms with E-state index in [4.69, 9.17) is 0 Å². The Labute approximate surface area is 183 Å². The topological polar surface area (TPSA) is 110 Å². The van der Waals surface area contributed by atoms with Crippen LogP contribution in [0, 0.1) is 16.0 Å². The van der Waals surface area contributed by atoms with Gasteiger partial charge in [0.2, 0.25) is 15.9 Å². The van der Waals surface area contributed by atoms with Gasteiger partial charge in [0.15, 0.2) is 0 Å². The van der Waals surface area contributed by atoms with Gasteiger partial charge < -0.3 is 5.32 Å². The molecule has 0 saturated carbocycles. The summed E-state index contributed by atoms with van der Waals surface area (Å²) in [6.07, 6.45) is 2.26. The third-order valence-corrected chi connectivity index (χ3v) is 5.93. The zero-order chi connectivity index (χ0) is 23.0. The molecule has 0 spiro atoms. The lowest BCUT2D eigenvalue weighted by Gasteiger charge is -2.23. The molecule has 0 radical (unpaired) electrons. The minimum absolute atomic E-state index is 0.0492. The number of benzene rings is 2. The second-order valence-electron chi connectivity index (χ2n) is 7.88. The Bertz CT molecular complexity index is 993. The van der Waals surface area contributed by atoms with Crippen molar-refractivity contribution in [3.63, 3.8) is 0 Å². The van der Waals surface area contributed by atoms with E-state index in [1.807, 2.05) is 30.3 Å². The minimum Gasteiger partial charge on any atom is -0.349 e. The Hall–Kier alpha value is -2.94. The van der Waals surface area contributed by atoms with Crippen LogP contribution < -0.4 is 9.62 Å². The van der Waals surface area contributed by atoms with Gasteiger partial charge in [0.1, 0.15) is 0 Å². The molecule has 31 heavy (non-hydrogen) atoms. The molecule has 1 N–H and O–H groups in total. The van der Waals surface area contributed by atoms with Crippen molar-refractivity contribution in [2.75, 3.05) is 17.1 Å². The Morgan fingerprint density at radius 1 is 1.13 bits per heavy atom. The molecule has 0 bridgehead atoms. The maximum absolute atomic E-state index is 12.6. The summed E-state index contributed by atoms with van der Waals surface area (Å²) in [5, 5.41) is 14.1. The molecule has 0 aliphatic heterocycles. The zero-order valence-corrected chi connectivity index (χ0v) is 18.8. The van der Waals surface area contributed by atoms with Crippen LogP contribution in [0.5, 0.6) is 0 Å². The summed E-state index contributed by atoms with van der Waals surface area (Å²) in [5.41, 5.74) is 1.04. The van der Waals surface area contributed by atoms with Gasteiger partial charge in [0, 0.05) is 25.1 Å². The van der Waals surface area contributed by atoms with E-state index in [1.54, 1.807) is 0 Å². The Morgan fingerprint density at radius 2 is 1.81 bits per heavy atom. The number of nitro benzene ring substituents is 1. The number of nitrogens with zero attached hydrogens (tertiary/aromatic N) is 2. The third kappa shape index (κ3) is 7.67. The van der Waals surface area contributed by atoms with Gasteiger partial charge in [-0.05, 0) is 30.4 Å². The maximum atomic E-state index is 12.6. The van der Waals surface area contributed by atoms with E-state index in [1.165, 1.54) is 24.3 Å². The van der Waals surface area contributed by atoms with Crippen LogP contribution in [0.15, 0.2) is 54.6 Å². The molecule has 1 atom stereocenters. The van der Waals surface area contributed by atoms with Crippen molar-refractivity contribution < 1.29 is 18.1 Å². The smallest absolute Gasteiger partial charge is 0.271 e. The number of nitrogens with one attached hydrogen (secondary N) is 1. The standard InChI is InChI=1S/C22H29N3O5S/c1-17(2)15-21(18-9-5-4-6-10-18)23-22(26)13-8-14-24(31(3,29)30)19-11-7-12-20(16-19)25(27)28/h4-7,9-12,16-17,21H,8,13-15H2,1-3H3,(H,23,26)/t21-/m1/s1. The number of non-ortho nitro benzene ring substituents is 1. The highest BCUT2D eigenvalue weighted by molar-refractivity contribution is 7.92. The van der Waals surface area contributed by atoms with Crippen molar-refractivity contribution in [3.8, 4) is 0 Å². The van der Waals surface area contributed by atoms with Crippen LogP contribution >= 0.6 is 0 Å². The molecule has 0 saturated heterocycles. The van der Waals surface area contributed by atoms with E-state index in [2.05, 4.69) is 19.2 Å². The second kappa shape index (κ2) is 10.9. The van der Waals surface area contributed by atoms with E-state index in [0.29, 0.717) is 5.92 Å². The zero-order valence-electron chi connectivity index (χ0n) is 18.0. The summed E-state index contributed by atoms with van der Waals surface area (Å²) in [7, 11) is -3.66. The number of sulfonamides is 1. The van der Waals surface area contributed by atoms with Crippen molar-refractivity contribution in [1.29, 1.82) is 0 Å². The number of hydrogen-bond acceptors (Lipinski definition) is 5. The first-order valence-electron chi connectivity index (χ1n) is 10.1. The second-order valence-corrected chi connectivity index (χ2v) is 9.78. The highest BCUT2D eigenvalue weighted by Gasteiger charge is 2.21. The summed E-state index contributed by atoms with van der Waals surface area (Å²) >= 11 is 0. The molecule has 2 aromatic carbocycles. The summed E-state index contributed by atoms with van der Waals surface area (Å²) in [4.78, 5) is 23.0. The minimum atomic E-state index is -3.66. The number of amides is 1. The molecule has 0 aliphatic carbocycles. The van der Waals surface area contributed by atoms with Crippen LogP contribution in [0.3, 0.4) is 0 Å². The average molecular weight is 448 g/mol. The lowest BCUT2D eigenvalue weighted by atomic mass is 9.97. The van der Waals surface area contributed by atoms with E-state index in [9.17, 15) is 23.3 Å². The third-order valence-electron chi connectivity index (χ3n) is 4.74. The lowest BCUT2D eigenvalue weighted by Crippen LogP contribution is -2.33. The molecular formula is C22H29N3O5S. The molecule has 0 fully saturated rings. The number of carbonyl (C=O) groups is 1. The number of rotatable bonds is 11. The molecular weight excluding hydrogens is 418 g/mol.